The molecule has 0 unspecified atom stereocenters. The predicted molar refractivity (Wildman–Crippen MR) is 113 cm³/mol. The number of carbonyl (C=O) groups excluding carboxylic acids is 3. The van der Waals surface area contributed by atoms with E-state index in [2.05, 4.69) is 5.32 Å². The molecule has 0 saturated heterocycles. The van der Waals surface area contributed by atoms with E-state index in [0.29, 0.717) is 26.0 Å². The first-order valence-corrected chi connectivity index (χ1v) is 10.2. The predicted octanol–water partition coefficient (Wildman–Crippen LogP) is 0.465. The van der Waals surface area contributed by atoms with Crippen LogP contribution in [0.3, 0.4) is 0 Å². The number of aliphatic hydroxyl groups is 2. The van der Waals surface area contributed by atoms with E-state index in [1.165, 1.54) is 12.2 Å². The zero-order valence-electron chi connectivity index (χ0n) is 18.8. The maximum absolute atomic E-state index is 11.4. The Morgan fingerprint density at radius 1 is 1.06 bits per heavy atom. The average molecular weight is 445 g/mol. The van der Waals surface area contributed by atoms with Gasteiger partial charge in [-0.15, -0.1) is 0 Å². The molecule has 0 aromatic carbocycles. The summed E-state index contributed by atoms with van der Waals surface area (Å²) in [6.45, 7) is 8.35. The van der Waals surface area contributed by atoms with Crippen molar-refractivity contribution < 1.29 is 39.2 Å². The number of nitrogens with one attached hydrogen (secondary N) is 1. The van der Waals surface area contributed by atoms with Crippen molar-refractivity contribution in [3.63, 3.8) is 0 Å². The first-order valence-electron chi connectivity index (χ1n) is 10.2. The summed E-state index contributed by atoms with van der Waals surface area (Å²) in [5, 5.41) is 29.1. The third kappa shape index (κ3) is 15.2. The van der Waals surface area contributed by atoms with Crippen LogP contribution in [0.25, 0.3) is 0 Å². The quantitative estimate of drug-likeness (QED) is 0.236. The van der Waals surface area contributed by atoms with Crippen LogP contribution in [-0.4, -0.2) is 82.4 Å². The summed E-state index contributed by atoms with van der Waals surface area (Å²) in [7, 11) is 0. The molecule has 0 saturated carbocycles. The fraction of sp³-hybridized carbons (Fsp3) is 0.714. The third-order valence-electron chi connectivity index (χ3n) is 4.19. The highest BCUT2D eigenvalue weighted by Crippen LogP contribution is 2.32. The highest BCUT2D eigenvalue weighted by Gasteiger charge is 2.27. The molecule has 10 nitrogen and oxygen atoms in total. The minimum atomic E-state index is -0.774. The third-order valence-corrected chi connectivity index (χ3v) is 4.19. The molecule has 31 heavy (non-hydrogen) atoms. The zero-order valence-corrected chi connectivity index (χ0v) is 18.8. The van der Waals surface area contributed by atoms with Crippen LogP contribution in [-0.2, 0) is 23.9 Å². The molecule has 0 fully saturated rings. The van der Waals surface area contributed by atoms with Gasteiger partial charge in [-0.3, -0.25) is 24.1 Å². The molecule has 0 bridgehead atoms. The Balaban J connectivity index is 0.000000615. The van der Waals surface area contributed by atoms with Gasteiger partial charge in [-0.25, -0.2) is 0 Å². The molecule has 0 aromatic rings. The summed E-state index contributed by atoms with van der Waals surface area (Å²) in [6.07, 6.45) is 3.83. The van der Waals surface area contributed by atoms with E-state index in [1.54, 1.807) is 13.8 Å². The number of hydrogen-bond acceptors (Lipinski definition) is 7. The molecule has 178 valence electrons. The van der Waals surface area contributed by atoms with Crippen molar-refractivity contribution in [3.05, 3.63) is 12.2 Å². The van der Waals surface area contributed by atoms with Crippen LogP contribution in [0.5, 0.6) is 0 Å². The molecule has 1 heterocycles. The number of aliphatic hydroxyl groups excluding tert-OH is 1. The molecule has 0 radical (unpaired) electrons. The van der Waals surface area contributed by atoms with Crippen LogP contribution in [0.15, 0.2) is 12.2 Å². The number of carboxylic acid groups (broad SMARTS) is 1. The molecule has 0 atom stereocenters. The van der Waals surface area contributed by atoms with Gasteiger partial charge in [0.15, 0.2) is 0 Å². The topological polar surface area (TPSA) is 153 Å². The SMILES string of the molecule is CC(C)(O)CC(C)(C)CCC(=O)O.O=C(CCN1C(=O)C=CC1=O)NCCOCCO. The van der Waals surface area contributed by atoms with Gasteiger partial charge in [0.1, 0.15) is 0 Å². The molecule has 3 amide bonds. The molecular weight excluding hydrogens is 408 g/mol. The van der Waals surface area contributed by atoms with Crippen molar-refractivity contribution in [2.45, 2.75) is 59.0 Å². The summed E-state index contributed by atoms with van der Waals surface area (Å²) in [4.78, 5) is 45.1. The van der Waals surface area contributed by atoms with Crippen LogP contribution in [0.4, 0.5) is 0 Å². The van der Waals surface area contributed by atoms with Gasteiger partial charge >= 0.3 is 5.97 Å². The number of aliphatic carboxylic acids is 1. The van der Waals surface area contributed by atoms with E-state index in [-0.39, 0.29) is 55.7 Å². The maximum Gasteiger partial charge on any atom is 0.303 e. The standard InChI is InChI=1S/C11H16N2O5.C10H20O3/c14-6-8-18-7-4-12-9(15)3-5-13-10(16)1-2-11(13)17;1-9(2,6-5-8(11)12)7-10(3,4)13/h1-2,14H,3-8H2,(H,12,15);13H,5-7H2,1-4H3,(H,11,12). The number of hydrogen-bond donors (Lipinski definition) is 4. The van der Waals surface area contributed by atoms with E-state index >= 15 is 0 Å². The molecule has 1 aliphatic heterocycles. The summed E-state index contributed by atoms with van der Waals surface area (Å²) in [5.74, 6) is -1.81. The van der Waals surface area contributed by atoms with Gasteiger partial charge in [0.25, 0.3) is 11.8 Å². The van der Waals surface area contributed by atoms with Gasteiger partial charge in [0.05, 0.1) is 25.4 Å². The number of nitrogens with zero attached hydrogens (tertiary/aromatic N) is 1. The van der Waals surface area contributed by atoms with E-state index in [4.69, 9.17) is 14.9 Å². The normalized spacial score (nSPS) is 13.8. The Morgan fingerprint density at radius 3 is 2.13 bits per heavy atom. The molecule has 1 rings (SSSR count). The van der Waals surface area contributed by atoms with E-state index < -0.39 is 11.6 Å². The van der Waals surface area contributed by atoms with Gasteiger partial charge in [-0.1, -0.05) is 13.8 Å². The summed E-state index contributed by atoms with van der Waals surface area (Å²) < 4.78 is 4.95. The number of carboxylic acids is 1. The minimum absolute atomic E-state index is 0.0554. The number of imide groups is 1. The minimum Gasteiger partial charge on any atom is -0.481 e. The van der Waals surface area contributed by atoms with Crippen LogP contribution in [0.2, 0.25) is 0 Å². The highest BCUT2D eigenvalue weighted by atomic mass is 16.5. The fourth-order valence-corrected chi connectivity index (χ4v) is 3.09. The van der Waals surface area contributed by atoms with E-state index in [0.717, 1.165) is 4.90 Å². The number of amides is 3. The molecule has 10 heteroatoms. The van der Waals surface area contributed by atoms with E-state index in [1.807, 2.05) is 13.8 Å². The lowest BCUT2D eigenvalue weighted by Gasteiger charge is -2.30. The van der Waals surface area contributed by atoms with E-state index in [9.17, 15) is 24.3 Å². The Kier molecular flexibility index (Phi) is 12.9. The van der Waals surface area contributed by atoms with Crippen molar-refractivity contribution in [2.75, 3.05) is 32.9 Å². The number of rotatable bonds is 13. The zero-order chi connectivity index (χ0) is 24.1. The Hall–Kier alpha value is -2.30. The van der Waals surface area contributed by atoms with Crippen LogP contribution >= 0.6 is 0 Å². The van der Waals surface area contributed by atoms with Crippen LogP contribution in [0, 0.1) is 5.41 Å². The van der Waals surface area contributed by atoms with Gasteiger partial charge in [0.2, 0.25) is 5.91 Å². The van der Waals surface area contributed by atoms with Crippen molar-refractivity contribution in [1.82, 2.24) is 10.2 Å². The summed E-state index contributed by atoms with van der Waals surface area (Å²) in [5.41, 5.74) is -0.835. The molecule has 4 N–H and O–H groups in total. The second-order valence-electron chi connectivity index (χ2n) is 8.64. The second-order valence-corrected chi connectivity index (χ2v) is 8.64. The van der Waals surface area contributed by atoms with Gasteiger partial charge in [0, 0.05) is 38.1 Å². The lowest BCUT2D eigenvalue weighted by atomic mass is 9.78. The Labute approximate surface area is 183 Å². The van der Waals surface area contributed by atoms with Gasteiger partial charge in [-0.2, -0.15) is 0 Å². The first-order chi connectivity index (χ1) is 14.3. The Morgan fingerprint density at radius 2 is 1.65 bits per heavy atom. The lowest BCUT2D eigenvalue weighted by Crippen LogP contribution is -2.35. The van der Waals surface area contributed by atoms with Crippen molar-refractivity contribution >= 4 is 23.7 Å². The largest absolute Gasteiger partial charge is 0.481 e. The van der Waals surface area contributed by atoms with Crippen LogP contribution in [0.1, 0.15) is 53.4 Å². The Bertz CT molecular complexity index is 620. The van der Waals surface area contributed by atoms with Crippen LogP contribution < -0.4 is 5.32 Å². The highest BCUT2D eigenvalue weighted by molar-refractivity contribution is 6.13. The molecule has 0 aromatic heterocycles. The smallest absolute Gasteiger partial charge is 0.303 e. The second kappa shape index (κ2) is 13.9. The lowest BCUT2D eigenvalue weighted by molar-refractivity contribution is -0.139. The van der Waals surface area contributed by atoms with Gasteiger partial charge in [-0.05, 0) is 32.1 Å². The molecule has 1 aliphatic rings. The molecular formula is C21H36N2O8. The fourth-order valence-electron chi connectivity index (χ4n) is 3.09. The first kappa shape index (κ1) is 28.7. The monoisotopic (exact) mass is 444 g/mol. The average Bonchev–Trinajstić information content (AvgIpc) is 2.95. The summed E-state index contributed by atoms with van der Waals surface area (Å²) in [6, 6.07) is 0. The molecule has 0 spiro atoms. The molecule has 0 aliphatic carbocycles. The number of carbonyl (C=O) groups is 4. The van der Waals surface area contributed by atoms with Gasteiger partial charge < -0.3 is 25.4 Å². The van der Waals surface area contributed by atoms with Crippen molar-refractivity contribution in [1.29, 1.82) is 0 Å². The maximum atomic E-state index is 11.4. The number of ether oxygens (including phenoxy) is 1. The van der Waals surface area contributed by atoms with Crippen molar-refractivity contribution in [2.24, 2.45) is 5.41 Å². The summed E-state index contributed by atoms with van der Waals surface area (Å²) >= 11 is 0. The van der Waals surface area contributed by atoms with Crippen molar-refractivity contribution in [3.8, 4) is 0 Å².